The Balaban J connectivity index is 2.34. The van der Waals surface area contributed by atoms with Gasteiger partial charge in [-0.15, -0.1) is 0 Å². The van der Waals surface area contributed by atoms with Crippen molar-refractivity contribution < 1.29 is 13.5 Å². The van der Waals surface area contributed by atoms with Gasteiger partial charge in [-0.2, -0.15) is 0 Å². The molecule has 0 radical (unpaired) electrons. The van der Waals surface area contributed by atoms with Crippen molar-refractivity contribution in [1.29, 1.82) is 0 Å². The Morgan fingerprint density at radius 3 is 2.78 bits per heavy atom. The highest BCUT2D eigenvalue weighted by molar-refractivity contribution is 7.80. The van der Waals surface area contributed by atoms with Gasteiger partial charge in [0, 0.05) is 18.7 Å². The highest BCUT2D eigenvalue weighted by Crippen LogP contribution is 2.25. The molecule has 1 aromatic carbocycles. The Labute approximate surface area is 110 Å². The molecule has 6 heteroatoms. The first-order valence-corrected chi connectivity index (χ1v) is 6.06. The third-order valence-corrected chi connectivity index (χ3v) is 3.13. The zero-order valence-electron chi connectivity index (χ0n) is 9.95. The Kier molecular flexibility index (Phi) is 3.77. The molecule has 1 atom stereocenters. The zero-order valence-corrected chi connectivity index (χ0v) is 10.8. The largest absolute Gasteiger partial charge is 0.389 e. The minimum absolute atomic E-state index is 0.00327. The van der Waals surface area contributed by atoms with E-state index in [-0.39, 0.29) is 22.3 Å². The molecule has 1 aliphatic rings. The summed E-state index contributed by atoms with van der Waals surface area (Å²) in [7, 11) is 0. The summed E-state index contributed by atoms with van der Waals surface area (Å²) < 4.78 is 33.1. The van der Waals surface area contributed by atoms with Crippen LogP contribution in [0.15, 0.2) is 12.1 Å². The number of nitrogens with zero attached hydrogens (tertiary/aromatic N) is 1. The number of hydrogen-bond acceptors (Lipinski definition) is 3. The molecule has 1 fully saturated rings. The van der Waals surface area contributed by atoms with Crippen LogP contribution in [-0.4, -0.2) is 30.8 Å². The lowest BCUT2D eigenvalue weighted by Crippen LogP contribution is -2.41. The summed E-state index contributed by atoms with van der Waals surface area (Å²) in [6, 6.07) is 2.92. The van der Waals surface area contributed by atoms with Crippen molar-refractivity contribution in [3.05, 3.63) is 29.3 Å². The fourth-order valence-corrected chi connectivity index (χ4v) is 2.17. The molecule has 1 aliphatic heterocycles. The van der Waals surface area contributed by atoms with E-state index in [0.717, 1.165) is 0 Å². The zero-order chi connectivity index (χ0) is 13.3. The van der Waals surface area contributed by atoms with Crippen molar-refractivity contribution in [3.8, 4) is 0 Å². The van der Waals surface area contributed by atoms with Gasteiger partial charge in [0.15, 0.2) is 11.6 Å². The van der Waals surface area contributed by atoms with Crippen LogP contribution in [0.5, 0.6) is 0 Å². The van der Waals surface area contributed by atoms with Crippen molar-refractivity contribution >= 4 is 22.9 Å². The highest BCUT2D eigenvalue weighted by Gasteiger charge is 2.23. The van der Waals surface area contributed by atoms with Crippen molar-refractivity contribution in [2.45, 2.75) is 13.0 Å². The Bertz CT molecular complexity index is 481. The van der Waals surface area contributed by atoms with Gasteiger partial charge in [-0.25, -0.2) is 8.78 Å². The summed E-state index contributed by atoms with van der Waals surface area (Å²) in [5.74, 6) is -1.89. The highest BCUT2D eigenvalue weighted by atomic mass is 32.1. The van der Waals surface area contributed by atoms with E-state index in [0.29, 0.717) is 19.7 Å². The van der Waals surface area contributed by atoms with Gasteiger partial charge >= 0.3 is 0 Å². The van der Waals surface area contributed by atoms with E-state index >= 15 is 0 Å². The molecule has 0 saturated carbocycles. The number of anilines is 1. The van der Waals surface area contributed by atoms with Gasteiger partial charge in [0.1, 0.15) is 4.99 Å². The SMILES string of the molecule is CC1CN(c2ccc(C(N)=S)c(F)c2F)CCO1. The first-order valence-electron chi connectivity index (χ1n) is 5.65. The van der Waals surface area contributed by atoms with Gasteiger partial charge in [0.05, 0.1) is 18.4 Å². The molecule has 1 saturated heterocycles. The van der Waals surface area contributed by atoms with Crippen LogP contribution in [0.1, 0.15) is 12.5 Å². The second-order valence-electron chi connectivity index (χ2n) is 4.25. The van der Waals surface area contributed by atoms with Crippen LogP contribution >= 0.6 is 12.2 Å². The lowest BCUT2D eigenvalue weighted by Gasteiger charge is -2.33. The van der Waals surface area contributed by atoms with Crippen LogP contribution in [0.2, 0.25) is 0 Å². The van der Waals surface area contributed by atoms with Crippen LogP contribution in [0.25, 0.3) is 0 Å². The normalized spacial score (nSPS) is 19.9. The molecule has 2 N–H and O–H groups in total. The Morgan fingerprint density at radius 1 is 1.44 bits per heavy atom. The molecular weight excluding hydrogens is 258 g/mol. The van der Waals surface area contributed by atoms with E-state index in [1.165, 1.54) is 12.1 Å². The van der Waals surface area contributed by atoms with E-state index in [1.807, 2.05) is 6.92 Å². The fraction of sp³-hybridized carbons (Fsp3) is 0.417. The van der Waals surface area contributed by atoms with Gasteiger partial charge in [0.25, 0.3) is 0 Å². The van der Waals surface area contributed by atoms with E-state index in [1.54, 1.807) is 4.90 Å². The molecule has 3 nitrogen and oxygen atoms in total. The summed E-state index contributed by atoms with van der Waals surface area (Å²) >= 11 is 4.67. The van der Waals surface area contributed by atoms with Crippen molar-refractivity contribution in [2.24, 2.45) is 5.73 Å². The second-order valence-corrected chi connectivity index (χ2v) is 4.69. The lowest BCUT2D eigenvalue weighted by molar-refractivity contribution is 0.0529. The third-order valence-electron chi connectivity index (χ3n) is 2.91. The molecule has 0 amide bonds. The molecule has 98 valence electrons. The van der Waals surface area contributed by atoms with Gasteiger partial charge in [0.2, 0.25) is 0 Å². The molecule has 18 heavy (non-hydrogen) atoms. The quantitative estimate of drug-likeness (QED) is 0.834. The molecule has 0 bridgehead atoms. The number of nitrogens with two attached hydrogens (primary N) is 1. The minimum atomic E-state index is -0.987. The van der Waals surface area contributed by atoms with Crippen LogP contribution in [0, 0.1) is 11.6 Å². The third kappa shape index (κ3) is 2.44. The molecule has 1 unspecified atom stereocenters. The van der Waals surface area contributed by atoms with Gasteiger partial charge in [-0.05, 0) is 19.1 Å². The van der Waals surface area contributed by atoms with E-state index in [9.17, 15) is 8.78 Å². The molecule has 1 aromatic rings. The van der Waals surface area contributed by atoms with Crippen molar-refractivity contribution in [1.82, 2.24) is 0 Å². The van der Waals surface area contributed by atoms with Crippen molar-refractivity contribution in [3.63, 3.8) is 0 Å². The Hall–Kier alpha value is -1.27. The lowest BCUT2D eigenvalue weighted by atomic mass is 10.1. The van der Waals surface area contributed by atoms with Crippen LogP contribution in [0.3, 0.4) is 0 Å². The number of ether oxygens (including phenoxy) is 1. The van der Waals surface area contributed by atoms with E-state index in [4.69, 9.17) is 10.5 Å². The number of morpholine rings is 1. The standard InChI is InChI=1S/C12H14F2N2OS/c1-7-6-16(4-5-17-7)9-3-2-8(12(15)18)10(13)11(9)14/h2-3,7H,4-6H2,1H3,(H2,15,18). The first-order chi connectivity index (χ1) is 8.50. The van der Waals surface area contributed by atoms with Gasteiger partial charge in [-0.3, -0.25) is 0 Å². The summed E-state index contributed by atoms with van der Waals surface area (Å²) in [4.78, 5) is 1.61. The average molecular weight is 272 g/mol. The monoisotopic (exact) mass is 272 g/mol. The molecule has 0 aromatic heterocycles. The maximum absolute atomic E-state index is 14.0. The maximum atomic E-state index is 14.0. The van der Waals surface area contributed by atoms with Crippen LogP contribution in [0.4, 0.5) is 14.5 Å². The molecular formula is C12H14F2N2OS. The van der Waals surface area contributed by atoms with Crippen molar-refractivity contribution in [2.75, 3.05) is 24.6 Å². The fourth-order valence-electron chi connectivity index (χ4n) is 2.01. The van der Waals surface area contributed by atoms with E-state index < -0.39 is 11.6 Å². The van der Waals surface area contributed by atoms with Gasteiger partial charge < -0.3 is 15.4 Å². The molecule has 0 spiro atoms. The van der Waals surface area contributed by atoms with Crippen LogP contribution < -0.4 is 10.6 Å². The maximum Gasteiger partial charge on any atom is 0.182 e. The molecule has 0 aliphatic carbocycles. The van der Waals surface area contributed by atoms with Gasteiger partial charge in [-0.1, -0.05) is 12.2 Å². The van der Waals surface area contributed by atoms with E-state index in [2.05, 4.69) is 12.2 Å². The summed E-state index contributed by atoms with van der Waals surface area (Å²) in [6.07, 6.45) is -0.00327. The number of rotatable bonds is 2. The van der Waals surface area contributed by atoms with Crippen LogP contribution in [-0.2, 0) is 4.74 Å². The number of benzene rings is 1. The topological polar surface area (TPSA) is 38.5 Å². The first kappa shape index (κ1) is 13.2. The number of hydrogen-bond donors (Lipinski definition) is 1. The smallest absolute Gasteiger partial charge is 0.182 e. The summed E-state index contributed by atoms with van der Waals surface area (Å²) in [5, 5.41) is 0. The summed E-state index contributed by atoms with van der Waals surface area (Å²) in [5.41, 5.74) is 5.49. The molecule has 1 heterocycles. The predicted molar refractivity (Wildman–Crippen MR) is 69.9 cm³/mol. The number of thiocarbonyl (C=S) groups is 1. The predicted octanol–water partition coefficient (Wildman–Crippen LogP) is 1.82. The number of halogens is 2. The summed E-state index contributed by atoms with van der Waals surface area (Å²) in [6.45, 7) is 3.46. The molecule has 2 rings (SSSR count). The average Bonchev–Trinajstić information content (AvgIpc) is 2.32. The Morgan fingerprint density at radius 2 is 2.17 bits per heavy atom. The second kappa shape index (κ2) is 5.16. The minimum Gasteiger partial charge on any atom is -0.389 e.